The van der Waals surface area contributed by atoms with Crippen molar-refractivity contribution in [2.75, 3.05) is 11.9 Å². The molecule has 5 nitrogen and oxygen atoms in total. The SMILES string of the molecule is CC1CCCC(N(C)c2ccc(C(=O)O)nn2)C1. The molecule has 0 amide bonds. The maximum Gasteiger partial charge on any atom is 0.356 e. The van der Waals surface area contributed by atoms with Crippen LogP contribution in [0, 0.1) is 5.92 Å². The smallest absolute Gasteiger partial charge is 0.356 e. The molecule has 1 N–H and O–H groups in total. The lowest BCUT2D eigenvalue weighted by Crippen LogP contribution is -2.36. The van der Waals surface area contributed by atoms with Crippen LogP contribution in [0.25, 0.3) is 0 Å². The van der Waals surface area contributed by atoms with Crippen molar-refractivity contribution in [3.63, 3.8) is 0 Å². The monoisotopic (exact) mass is 249 g/mol. The number of aromatic carboxylic acids is 1. The summed E-state index contributed by atoms with van der Waals surface area (Å²) >= 11 is 0. The molecule has 18 heavy (non-hydrogen) atoms. The normalized spacial score (nSPS) is 23.7. The molecular weight excluding hydrogens is 230 g/mol. The van der Waals surface area contributed by atoms with Gasteiger partial charge >= 0.3 is 5.97 Å². The number of hydrogen-bond acceptors (Lipinski definition) is 4. The summed E-state index contributed by atoms with van der Waals surface area (Å²) < 4.78 is 0. The van der Waals surface area contributed by atoms with Crippen molar-refractivity contribution < 1.29 is 9.90 Å². The van der Waals surface area contributed by atoms with Crippen molar-refractivity contribution in [1.29, 1.82) is 0 Å². The summed E-state index contributed by atoms with van der Waals surface area (Å²) in [5.74, 6) is 0.458. The molecule has 0 spiro atoms. The molecule has 1 aliphatic rings. The Morgan fingerprint density at radius 2 is 2.17 bits per heavy atom. The Kier molecular flexibility index (Phi) is 3.79. The van der Waals surface area contributed by atoms with Crippen LogP contribution in [0.5, 0.6) is 0 Å². The van der Waals surface area contributed by atoms with Crippen LogP contribution >= 0.6 is 0 Å². The average molecular weight is 249 g/mol. The summed E-state index contributed by atoms with van der Waals surface area (Å²) in [4.78, 5) is 12.8. The quantitative estimate of drug-likeness (QED) is 0.889. The van der Waals surface area contributed by atoms with Crippen LogP contribution in [0.15, 0.2) is 12.1 Å². The zero-order chi connectivity index (χ0) is 13.1. The van der Waals surface area contributed by atoms with E-state index >= 15 is 0 Å². The molecule has 1 heterocycles. The first kappa shape index (κ1) is 12.8. The number of carboxylic acid groups (broad SMARTS) is 1. The van der Waals surface area contributed by atoms with Gasteiger partial charge in [0.1, 0.15) is 0 Å². The molecule has 0 saturated heterocycles. The molecule has 1 aliphatic carbocycles. The van der Waals surface area contributed by atoms with Crippen LogP contribution in [0.2, 0.25) is 0 Å². The van der Waals surface area contributed by atoms with E-state index in [0.29, 0.717) is 6.04 Å². The third-order valence-corrected chi connectivity index (χ3v) is 3.69. The minimum atomic E-state index is -1.04. The third-order valence-electron chi connectivity index (χ3n) is 3.69. The van der Waals surface area contributed by atoms with E-state index in [1.807, 2.05) is 7.05 Å². The van der Waals surface area contributed by atoms with Gasteiger partial charge in [0, 0.05) is 13.1 Å². The van der Waals surface area contributed by atoms with E-state index in [9.17, 15) is 4.79 Å². The fraction of sp³-hybridized carbons (Fsp3) is 0.615. The lowest BCUT2D eigenvalue weighted by Gasteiger charge is -2.34. The van der Waals surface area contributed by atoms with Crippen molar-refractivity contribution >= 4 is 11.8 Å². The van der Waals surface area contributed by atoms with E-state index in [4.69, 9.17) is 5.11 Å². The first-order valence-electron chi connectivity index (χ1n) is 6.37. The van der Waals surface area contributed by atoms with Crippen molar-refractivity contribution in [1.82, 2.24) is 10.2 Å². The van der Waals surface area contributed by atoms with Crippen LogP contribution in [0.1, 0.15) is 43.1 Å². The second-order valence-electron chi connectivity index (χ2n) is 5.12. The maximum absolute atomic E-state index is 10.7. The van der Waals surface area contributed by atoms with Gasteiger partial charge < -0.3 is 10.0 Å². The second-order valence-corrected chi connectivity index (χ2v) is 5.12. The Bertz CT molecular complexity index is 419. The Morgan fingerprint density at radius 1 is 1.39 bits per heavy atom. The number of aromatic nitrogens is 2. The van der Waals surface area contributed by atoms with Gasteiger partial charge in [-0.25, -0.2) is 4.79 Å². The molecule has 1 aromatic heterocycles. The largest absolute Gasteiger partial charge is 0.476 e. The van der Waals surface area contributed by atoms with Crippen molar-refractivity contribution in [3.8, 4) is 0 Å². The second kappa shape index (κ2) is 5.33. The highest BCUT2D eigenvalue weighted by Gasteiger charge is 2.23. The van der Waals surface area contributed by atoms with Gasteiger partial charge in [-0.1, -0.05) is 19.8 Å². The third kappa shape index (κ3) is 2.78. The van der Waals surface area contributed by atoms with Gasteiger partial charge in [0.15, 0.2) is 11.5 Å². The number of rotatable bonds is 3. The van der Waals surface area contributed by atoms with Crippen molar-refractivity contribution in [2.45, 2.75) is 38.6 Å². The molecule has 1 aromatic rings. The topological polar surface area (TPSA) is 66.3 Å². The van der Waals surface area contributed by atoms with Gasteiger partial charge in [-0.2, -0.15) is 0 Å². The fourth-order valence-electron chi connectivity index (χ4n) is 2.57. The zero-order valence-electron chi connectivity index (χ0n) is 10.8. The Balaban J connectivity index is 2.08. The summed E-state index contributed by atoms with van der Waals surface area (Å²) in [7, 11) is 2.01. The van der Waals surface area contributed by atoms with Crippen LogP contribution in [0.4, 0.5) is 5.82 Å². The molecule has 2 unspecified atom stereocenters. The zero-order valence-corrected chi connectivity index (χ0v) is 10.8. The Labute approximate surface area is 107 Å². The predicted molar refractivity (Wildman–Crippen MR) is 68.8 cm³/mol. The maximum atomic E-state index is 10.7. The lowest BCUT2D eigenvalue weighted by molar-refractivity contribution is 0.0689. The van der Waals surface area contributed by atoms with Crippen LogP contribution in [-0.2, 0) is 0 Å². The van der Waals surface area contributed by atoms with E-state index in [2.05, 4.69) is 22.0 Å². The standard InChI is InChI=1S/C13H19N3O2/c1-9-4-3-5-10(8-9)16(2)12-7-6-11(13(17)18)14-15-12/h6-7,9-10H,3-5,8H2,1-2H3,(H,17,18). The van der Waals surface area contributed by atoms with Gasteiger partial charge in [0.25, 0.3) is 0 Å². The number of carboxylic acids is 1. The molecule has 2 atom stereocenters. The van der Waals surface area contributed by atoms with E-state index in [1.165, 1.54) is 31.7 Å². The molecule has 0 bridgehead atoms. The van der Waals surface area contributed by atoms with E-state index in [-0.39, 0.29) is 5.69 Å². The van der Waals surface area contributed by atoms with E-state index in [0.717, 1.165) is 11.7 Å². The van der Waals surface area contributed by atoms with Crippen molar-refractivity contribution in [2.24, 2.45) is 5.92 Å². The van der Waals surface area contributed by atoms with E-state index < -0.39 is 5.97 Å². The summed E-state index contributed by atoms with van der Waals surface area (Å²) in [6.07, 6.45) is 4.88. The highest BCUT2D eigenvalue weighted by molar-refractivity contribution is 5.85. The van der Waals surface area contributed by atoms with Gasteiger partial charge in [-0.3, -0.25) is 0 Å². The highest BCUT2D eigenvalue weighted by atomic mass is 16.4. The molecule has 1 saturated carbocycles. The highest BCUT2D eigenvalue weighted by Crippen LogP contribution is 2.28. The first-order valence-corrected chi connectivity index (χ1v) is 6.37. The van der Waals surface area contributed by atoms with Gasteiger partial charge in [-0.05, 0) is 30.9 Å². The van der Waals surface area contributed by atoms with Gasteiger partial charge in [0.05, 0.1) is 0 Å². The first-order chi connectivity index (χ1) is 8.58. The predicted octanol–water partition coefficient (Wildman–Crippen LogP) is 2.19. The molecule has 0 aromatic carbocycles. The van der Waals surface area contributed by atoms with Crippen LogP contribution < -0.4 is 4.90 Å². The molecule has 5 heteroatoms. The van der Waals surface area contributed by atoms with E-state index in [1.54, 1.807) is 6.07 Å². The minimum Gasteiger partial charge on any atom is -0.476 e. The van der Waals surface area contributed by atoms with Crippen molar-refractivity contribution in [3.05, 3.63) is 17.8 Å². The Morgan fingerprint density at radius 3 is 2.72 bits per heavy atom. The van der Waals surface area contributed by atoms with Crippen LogP contribution in [-0.4, -0.2) is 34.4 Å². The number of nitrogens with zero attached hydrogens (tertiary/aromatic N) is 3. The molecule has 1 fully saturated rings. The van der Waals surface area contributed by atoms with Gasteiger partial charge in [-0.15, -0.1) is 10.2 Å². The average Bonchev–Trinajstić information content (AvgIpc) is 2.38. The summed E-state index contributed by atoms with van der Waals surface area (Å²) in [6, 6.07) is 3.72. The minimum absolute atomic E-state index is 0.0100. The number of hydrogen-bond donors (Lipinski definition) is 1. The summed E-state index contributed by atoms with van der Waals surface area (Å²) in [5.41, 5.74) is -0.0100. The summed E-state index contributed by atoms with van der Waals surface area (Å²) in [6.45, 7) is 2.28. The summed E-state index contributed by atoms with van der Waals surface area (Å²) in [5, 5.41) is 16.5. The number of carbonyl (C=O) groups is 1. The van der Waals surface area contributed by atoms with Gasteiger partial charge in [0.2, 0.25) is 0 Å². The number of anilines is 1. The fourth-order valence-corrected chi connectivity index (χ4v) is 2.57. The molecule has 0 radical (unpaired) electrons. The Hall–Kier alpha value is -1.65. The van der Waals surface area contributed by atoms with Crippen LogP contribution in [0.3, 0.4) is 0 Å². The molecular formula is C13H19N3O2. The lowest BCUT2D eigenvalue weighted by atomic mass is 9.86. The molecule has 98 valence electrons. The molecule has 0 aliphatic heterocycles. The molecule has 2 rings (SSSR count).